The van der Waals surface area contributed by atoms with Crippen LogP contribution in [-0.2, 0) is 19.4 Å². The molecular weight excluding hydrogens is 517 g/mol. The molecule has 0 radical (unpaired) electrons. The number of nitrogens with one attached hydrogen (secondary N) is 2. The first-order valence-corrected chi connectivity index (χ1v) is 13.1. The van der Waals surface area contributed by atoms with Crippen LogP contribution in [0.5, 0.6) is 11.5 Å². The summed E-state index contributed by atoms with van der Waals surface area (Å²) < 4.78 is 6.00. The number of phenols is 1. The van der Waals surface area contributed by atoms with Crippen molar-refractivity contribution in [3.05, 3.63) is 35.0 Å². The quantitative estimate of drug-likeness (QED) is 0.331. The molecular formula is C24H34IN5O2. The van der Waals surface area contributed by atoms with Crippen LogP contribution < -0.4 is 20.3 Å². The summed E-state index contributed by atoms with van der Waals surface area (Å²) >= 11 is 2.13. The van der Waals surface area contributed by atoms with E-state index in [0.29, 0.717) is 22.4 Å². The summed E-state index contributed by atoms with van der Waals surface area (Å²) in [5, 5.41) is 17.2. The van der Waals surface area contributed by atoms with Crippen molar-refractivity contribution in [2.45, 2.75) is 70.0 Å². The van der Waals surface area contributed by atoms with Crippen molar-refractivity contribution >= 4 is 34.4 Å². The molecule has 1 aromatic heterocycles. The predicted octanol–water partition coefficient (Wildman–Crippen LogP) is 4.41. The molecule has 1 fully saturated rings. The first kappa shape index (κ1) is 23.4. The number of hydrogen-bond donors (Lipinski definition) is 3. The van der Waals surface area contributed by atoms with Crippen LogP contribution in [0, 0.1) is 0 Å². The highest BCUT2D eigenvalue weighted by atomic mass is 127. The lowest BCUT2D eigenvalue weighted by molar-refractivity contribution is 0.350. The minimum Gasteiger partial charge on any atom is -0.504 e. The fourth-order valence-electron chi connectivity index (χ4n) is 4.74. The monoisotopic (exact) mass is 551 g/mol. The smallest absolute Gasteiger partial charge is 0.225 e. The maximum Gasteiger partial charge on any atom is 0.225 e. The minimum atomic E-state index is 0.193. The number of rotatable bonds is 8. The van der Waals surface area contributed by atoms with E-state index >= 15 is 0 Å². The van der Waals surface area contributed by atoms with Crippen LogP contribution >= 0.6 is 22.6 Å². The molecule has 0 spiro atoms. The second kappa shape index (κ2) is 10.9. The maximum absolute atomic E-state index is 9.88. The van der Waals surface area contributed by atoms with Gasteiger partial charge in [-0.3, -0.25) is 0 Å². The number of benzene rings is 1. The molecule has 2 aliphatic rings. The molecule has 2 aliphatic carbocycles. The summed E-state index contributed by atoms with van der Waals surface area (Å²) in [5.41, 5.74) is 3.69. The van der Waals surface area contributed by atoms with E-state index in [2.05, 4.69) is 52.2 Å². The summed E-state index contributed by atoms with van der Waals surface area (Å²) in [5.74, 6) is 2.61. The van der Waals surface area contributed by atoms with Gasteiger partial charge in [0.2, 0.25) is 5.95 Å². The van der Waals surface area contributed by atoms with E-state index in [9.17, 15) is 5.11 Å². The second-order valence-electron chi connectivity index (χ2n) is 9.03. The standard InChI is InChI=1S/C24H34IN5O2/c1-30(2)23-19-5-3-4-6-20(19)28-24(29-23)27-18-10-8-17(9-11-18)26-14-16-7-12-21(31)22(13-16)32-15-25/h7,12-13,17-18,26,31H,3-6,8-11,14-15H2,1-2H3,(H,27,28,29). The molecule has 4 rings (SSSR count). The molecule has 2 aromatic rings. The molecule has 0 saturated heterocycles. The number of nitrogens with zero attached hydrogens (tertiary/aromatic N) is 3. The zero-order chi connectivity index (χ0) is 22.5. The number of aromatic hydroxyl groups is 1. The Bertz CT molecular complexity index is 916. The molecule has 0 bridgehead atoms. The van der Waals surface area contributed by atoms with E-state index in [-0.39, 0.29) is 5.75 Å². The molecule has 7 nitrogen and oxygen atoms in total. The summed E-state index contributed by atoms with van der Waals surface area (Å²) in [7, 11) is 4.14. The Balaban J connectivity index is 1.30. The lowest BCUT2D eigenvalue weighted by Gasteiger charge is -2.30. The lowest BCUT2D eigenvalue weighted by Crippen LogP contribution is -2.37. The number of aromatic nitrogens is 2. The fraction of sp³-hybridized carbons (Fsp3) is 0.583. The van der Waals surface area contributed by atoms with Crippen LogP contribution in [0.2, 0.25) is 0 Å². The molecule has 174 valence electrons. The summed E-state index contributed by atoms with van der Waals surface area (Å²) in [6, 6.07) is 6.49. The van der Waals surface area contributed by atoms with Crippen LogP contribution in [0.4, 0.5) is 11.8 Å². The third-order valence-corrected chi connectivity index (χ3v) is 6.79. The lowest BCUT2D eigenvalue weighted by atomic mass is 9.91. The van der Waals surface area contributed by atoms with Gasteiger partial charge in [-0.05, 0) is 91.7 Å². The van der Waals surface area contributed by atoms with Crippen molar-refractivity contribution in [2.24, 2.45) is 0 Å². The molecule has 0 unspecified atom stereocenters. The van der Waals surface area contributed by atoms with Gasteiger partial charge in [0.05, 0.1) is 5.69 Å². The summed E-state index contributed by atoms with van der Waals surface area (Å²) in [6.45, 7) is 0.779. The number of alkyl halides is 1. The molecule has 0 aliphatic heterocycles. The van der Waals surface area contributed by atoms with Gasteiger partial charge in [0.25, 0.3) is 0 Å². The Kier molecular flexibility index (Phi) is 7.93. The SMILES string of the molecule is CN(C)c1nc(NC2CCC(NCc3ccc(O)c(OCI)c3)CC2)nc2c1CCCC2. The summed E-state index contributed by atoms with van der Waals surface area (Å²) in [6.07, 6.45) is 9.06. The van der Waals surface area contributed by atoms with Crippen LogP contribution in [0.15, 0.2) is 18.2 Å². The van der Waals surface area contributed by atoms with Gasteiger partial charge in [0.1, 0.15) is 10.4 Å². The zero-order valence-corrected chi connectivity index (χ0v) is 21.2. The number of halogens is 1. The molecule has 8 heteroatoms. The summed E-state index contributed by atoms with van der Waals surface area (Å²) in [4.78, 5) is 11.9. The van der Waals surface area contributed by atoms with Gasteiger partial charge in [-0.2, -0.15) is 4.98 Å². The third-order valence-electron chi connectivity index (χ3n) is 6.47. The second-order valence-corrected chi connectivity index (χ2v) is 9.65. The Hall–Kier alpha value is -1.81. The van der Waals surface area contributed by atoms with Crippen molar-refractivity contribution in [2.75, 3.05) is 28.9 Å². The van der Waals surface area contributed by atoms with E-state index in [4.69, 9.17) is 14.7 Å². The van der Waals surface area contributed by atoms with Crippen molar-refractivity contribution in [1.29, 1.82) is 0 Å². The van der Waals surface area contributed by atoms with Crippen molar-refractivity contribution in [3.8, 4) is 11.5 Å². The maximum atomic E-state index is 9.88. The highest BCUT2D eigenvalue weighted by Gasteiger charge is 2.24. The normalized spacial score (nSPS) is 20.5. The van der Waals surface area contributed by atoms with Crippen molar-refractivity contribution in [3.63, 3.8) is 0 Å². The average Bonchev–Trinajstić information content (AvgIpc) is 2.80. The largest absolute Gasteiger partial charge is 0.504 e. The minimum absolute atomic E-state index is 0.193. The predicted molar refractivity (Wildman–Crippen MR) is 137 cm³/mol. The third kappa shape index (κ3) is 5.75. The Morgan fingerprint density at radius 2 is 1.84 bits per heavy atom. The van der Waals surface area contributed by atoms with Crippen LogP contribution in [0.3, 0.4) is 0 Å². The van der Waals surface area contributed by atoms with Gasteiger partial charge in [-0.15, -0.1) is 0 Å². The van der Waals surface area contributed by atoms with Gasteiger partial charge in [-0.1, -0.05) is 6.07 Å². The van der Waals surface area contributed by atoms with Gasteiger partial charge >= 0.3 is 0 Å². The Morgan fingerprint density at radius 3 is 2.59 bits per heavy atom. The van der Waals surface area contributed by atoms with Gasteiger partial charge in [0.15, 0.2) is 11.5 Å². The number of anilines is 2. The first-order valence-electron chi connectivity index (χ1n) is 11.6. The molecule has 32 heavy (non-hydrogen) atoms. The van der Waals surface area contributed by atoms with E-state index in [1.807, 2.05) is 12.1 Å². The Labute approximate surface area is 204 Å². The van der Waals surface area contributed by atoms with Crippen molar-refractivity contribution in [1.82, 2.24) is 15.3 Å². The van der Waals surface area contributed by atoms with E-state index in [1.54, 1.807) is 6.07 Å². The molecule has 1 heterocycles. The Morgan fingerprint density at radius 1 is 1.09 bits per heavy atom. The van der Waals surface area contributed by atoms with Gasteiger partial charge in [-0.25, -0.2) is 4.98 Å². The van der Waals surface area contributed by atoms with E-state index < -0.39 is 0 Å². The fourth-order valence-corrected chi connectivity index (χ4v) is 5.07. The zero-order valence-electron chi connectivity index (χ0n) is 19.0. The number of phenolic OH excluding ortho intramolecular Hbond substituents is 1. The highest BCUT2D eigenvalue weighted by molar-refractivity contribution is 14.1. The molecule has 0 amide bonds. The topological polar surface area (TPSA) is 82.5 Å². The van der Waals surface area contributed by atoms with Gasteiger partial charge in [0, 0.05) is 38.3 Å². The average molecular weight is 551 g/mol. The first-order chi connectivity index (χ1) is 15.5. The van der Waals surface area contributed by atoms with Crippen LogP contribution in [-0.4, -0.2) is 45.9 Å². The number of ether oxygens (including phenoxy) is 1. The van der Waals surface area contributed by atoms with Crippen molar-refractivity contribution < 1.29 is 9.84 Å². The highest BCUT2D eigenvalue weighted by Crippen LogP contribution is 2.30. The molecule has 1 saturated carbocycles. The number of hydrogen-bond acceptors (Lipinski definition) is 7. The number of aryl methyl sites for hydroxylation is 1. The molecule has 0 atom stereocenters. The van der Waals surface area contributed by atoms with Gasteiger partial charge < -0.3 is 25.4 Å². The number of fused-ring (bicyclic) bond motifs is 1. The van der Waals surface area contributed by atoms with Crippen LogP contribution in [0.1, 0.15) is 55.3 Å². The van der Waals surface area contributed by atoms with Crippen LogP contribution in [0.25, 0.3) is 0 Å². The molecule has 3 N–H and O–H groups in total. The molecule has 1 aromatic carbocycles. The van der Waals surface area contributed by atoms with E-state index in [1.165, 1.54) is 24.1 Å². The van der Waals surface area contributed by atoms with E-state index in [0.717, 1.165) is 62.4 Å².